The van der Waals surface area contributed by atoms with Crippen molar-refractivity contribution in [1.29, 1.82) is 0 Å². The highest BCUT2D eigenvalue weighted by molar-refractivity contribution is 5.96. The third-order valence-electron chi connectivity index (χ3n) is 2.92. The molecule has 0 N–H and O–H groups in total. The van der Waals surface area contributed by atoms with Crippen LogP contribution in [0.2, 0.25) is 0 Å². The number of ketones is 1. The normalized spacial score (nSPS) is 11.1. The van der Waals surface area contributed by atoms with Crippen molar-refractivity contribution in [3.05, 3.63) is 35.4 Å². The maximum absolute atomic E-state index is 11.7. The summed E-state index contributed by atoms with van der Waals surface area (Å²) in [7, 11) is 1.37. The van der Waals surface area contributed by atoms with E-state index in [1.54, 1.807) is 32.0 Å². The highest BCUT2D eigenvalue weighted by Gasteiger charge is 2.31. The van der Waals surface area contributed by atoms with Gasteiger partial charge in [-0.3, -0.25) is 9.59 Å². The Morgan fingerprint density at radius 1 is 1.29 bits per heavy atom. The van der Waals surface area contributed by atoms with E-state index in [0.29, 0.717) is 12.0 Å². The van der Waals surface area contributed by atoms with E-state index in [1.165, 1.54) is 7.11 Å². The molecule has 0 atom stereocenters. The number of hydrogen-bond donors (Lipinski definition) is 0. The van der Waals surface area contributed by atoms with Gasteiger partial charge in [-0.2, -0.15) is 0 Å². The number of methoxy groups -OCH3 is 1. The minimum absolute atomic E-state index is 0.0764. The van der Waals surface area contributed by atoms with Gasteiger partial charge in [0, 0.05) is 12.0 Å². The van der Waals surface area contributed by atoms with E-state index < -0.39 is 5.41 Å². The van der Waals surface area contributed by atoms with Crippen LogP contribution in [0.15, 0.2) is 24.3 Å². The van der Waals surface area contributed by atoms with Gasteiger partial charge in [-0.05, 0) is 25.5 Å². The van der Waals surface area contributed by atoms with E-state index in [2.05, 4.69) is 0 Å². The zero-order chi connectivity index (χ0) is 13.1. The lowest BCUT2D eigenvalue weighted by Gasteiger charge is -2.22. The molecule has 0 heterocycles. The number of ether oxygens (including phenoxy) is 1. The predicted octanol–water partition coefficient (Wildman–Crippen LogP) is 2.73. The molecule has 0 saturated carbocycles. The second kappa shape index (κ2) is 5.13. The van der Waals surface area contributed by atoms with Crippen LogP contribution in [-0.2, 0) is 14.9 Å². The van der Waals surface area contributed by atoms with Crippen molar-refractivity contribution in [1.82, 2.24) is 0 Å². The largest absolute Gasteiger partial charge is 0.468 e. The van der Waals surface area contributed by atoms with Crippen LogP contribution in [0.3, 0.4) is 0 Å². The molecule has 1 aromatic rings. The summed E-state index contributed by atoms with van der Waals surface area (Å²) in [4.78, 5) is 23.3. The highest BCUT2D eigenvalue weighted by Crippen LogP contribution is 2.25. The lowest BCUT2D eigenvalue weighted by Crippen LogP contribution is -2.30. The maximum Gasteiger partial charge on any atom is 0.315 e. The molecule has 0 bridgehead atoms. The molecule has 0 radical (unpaired) electrons. The molecule has 1 aromatic carbocycles. The number of benzene rings is 1. The van der Waals surface area contributed by atoms with Crippen molar-refractivity contribution >= 4 is 11.8 Å². The second-order valence-corrected chi connectivity index (χ2v) is 4.47. The molecule has 0 fully saturated rings. The molecule has 0 aliphatic heterocycles. The van der Waals surface area contributed by atoms with Crippen LogP contribution < -0.4 is 0 Å². The Morgan fingerprint density at radius 3 is 2.47 bits per heavy atom. The number of carbonyl (C=O) groups is 2. The summed E-state index contributed by atoms with van der Waals surface area (Å²) in [6, 6.07) is 7.16. The lowest BCUT2D eigenvalue weighted by atomic mass is 9.83. The molecule has 17 heavy (non-hydrogen) atoms. The fraction of sp³-hybridized carbons (Fsp3) is 0.429. The first-order chi connectivity index (χ1) is 7.93. The summed E-state index contributed by atoms with van der Waals surface area (Å²) >= 11 is 0. The fourth-order valence-corrected chi connectivity index (χ4v) is 1.66. The Balaban J connectivity index is 3.15. The van der Waals surface area contributed by atoms with Crippen LogP contribution >= 0.6 is 0 Å². The Morgan fingerprint density at radius 2 is 1.94 bits per heavy atom. The quantitative estimate of drug-likeness (QED) is 0.594. The summed E-state index contributed by atoms with van der Waals surface area (Å²) in [6.07, 6.45) is 0.460. The van der Waals surface area contributed by atoms with Crippen molar-refractivity contribution < 1.29 is 14.3 Å². The first-order valence-corrected chi connectivity index (χ1v) is 5.65. The number of rotatable bonds is 4. The molecule has 92 valence electrons. The SMILES string of the molecule is CCC(=O)c1cccc(C(C)(C)C(=O)OC)c1. The minimum atomic E-state index is -0.737. The van der Waals surface area contributed by atoms with Gasteiger partial charge in [-0.1, -0.05) is 25.1 Å². The van der Waals surface area contributed by atoms with Crippen molar-refractivity contribution in [2.24, 2.45) is 0 Å². The standard InChI is InChI=1S/C14H18O3/c1-5-12(15)10-7-6-8-11(9-10)14(2,3)13(16)17-4/h6-9H,5H2,1-4H3. The monoisotopic (exact) mass is 234 g/mol. The van der Waals surface area contributed by atoms with E-state index in [0.717, 1.165) is 5.56 Å². The Kier molecular flexibility index (Phi) is 4.05. The van der Waals surface area contributed by atoms with E-state index in [1.807, 2.05) is 13.0 Å². The average molecular weight is 234 g/mol. The smallest absolute Gasteiger partial charge is 0.315 e. The second-order valence-electron chi connectivity index (χ2n) is 4.47. The Labute approximate surface area is 102 Å². The number of hydrogen-bond acceptors (Lipinski definition) is 3. The predicted molar refractivity (Wildman–Crippen MR) is 66.1 cm³/mol. The molecular formula is C14H18O3. The molecule has 3 heteroatoms. The zero-order valence-corrected chi connectivity index (χ0v) is 10.7. The summed E-state index contributed by atoms with van der Waals surface area (Å²) in [6.45, 7) is 5.39. The fourth-order valence-electron chi connectivity index (χ4n) is 1.66. The first-order valence-electron chi connectivity index (χ1n) is 5.65. The maximum atomic E-state index is 11.7. The summed E-state index contributed by atoms with van der Waals surface area (Å²) in [5.74, 6) is -0.230. The topological polar surface area (TPSA) is 43.4 Å². The van der Waals surface area contributed by atoms with E-state index in [9.17, 15) is 9.59 Å². The van der Waals surface area contributed by atoms with Gasteiger partial charge < -0.3 is 4.74 Å². The molecule has 0 amide bonds. The first kappa shape index (κ1) is 13.4. The van der Waals surface area contributed by atoms with Gasteiger partial charge in [-0.15, -0.1) is 0 Å². The third-order valence-corrected chi connectivity index (χ3v) is 2.92. The van der Waals surface area contributed by atoms with E-state index in [-0.39, 0.29) is 11.8 Å². The summed E-state index contributed by atoms with van der Waals surface area (Å²) in [5.41, 5.74) is 0.698. The van der Waals surface area contributed by atoms with Gasteiger partial charge in [0.1, 0.15) is 0 Å². The Bertz CT molecular complexity index is 433. The zero-order valence-electron chi connectivity index (χ0n) is 10.7. The number of esters is 1. The van der Waals surface area contributed by atoms with Crippen LogP contribution in [0.1, 0.15) is 43.1 Å². The lowest BCUT2D eigenvalue weighted by molar-refractivity contribution is -0.146. The van der Waals surface area contributed by atoms with E-state index >= 15 is 0 Å². The molecule has 3 nitrogen and oxygen atoms in total. The molecule has 0 unspecified atom stereocenters. The van der Waals surface area contributed by atoms with Gasteiger partial charge in [0.05, 0.1) is 12.5 Å². The molecule has 0 saturated heterocycles. The van der Waals surface area contributed by atoms with Gasteiger partial charge in [-0.25, -0.2) is 0 Å². The van der Waals surface area contributed by atoms with Crippen molar-refractivity contribution in [3.63, 3.8) is 0 Å². The van der Waals surface area contributed by atoms with Gasteiger partial charge in [0.2, 0.25) is 0 Å². The van der Waals surface area contributed by atoms with E-state index in [4.69, 9.17) is 4.74 Å². The third kappa shape index (κ3) is 2.73. The summed E-state index contributed by atoms with van der Waals surface area (Å²) in [5, 5.41) is 0. The minimum Gasteiger partial charge on any atom is -0.468 e. The Hall–Kier alpha value is -1.64. The van der Waals surface area contributed by atoms with Gasteiger partial charge >= 0.3 is 5.97 Å². The van der Waals surface area contributed by atoms with Crippen molar-refractivity contribution in [2.45, 2.75) is 32.6 Å². The van der Waals surface area contributed by atoms with Crippen LogP contribution in [-0.4, -0.2) is 18.9 Å². The molecule has 0 aliphatic rings. The molecule has 0 aromatic heterocycles. The number of carbonyl (C=O) groups excluding carboxylic acids is 2. The highest BCUT2D eigenvalue weighted by atomic mass is 16.5. The van der Waals surface area contributed by atoms with Gasteiger partial charge in [0.15, 0.2) is 5.78 Å². The molecule has 0 spiro atoms. The molecule has 1 rings (SSSR count). The van der Waals surface area contributed by atoms with Crippen LogP contribution in [0.4, 0.5) is 0 Å². The average Bonchev–Trinajstić information content (AvgIpc) is 2.36. The van der Waals surface area contributed by atoms with Crippen LogP contribution in [0.25, 0.3) is 0 Å². The van der Waals surface area contributed by atoms with Gasteiger partial charge in [0.25, 0.3) is 0 Å². The molecule has 0 aliphatic carbocycles. The number of Topliss-reactive ketones (excluding diaryl/α,β-unsaturated/α-hetero) is 1. The van der Waals surface area contributed by atoms with Crippen molar-refractivity contribution in [2.75, 3.05) is 7.11 Å². The molecular weight excluding hydrogens is 216 g/mol. The van der Waals surface area contributed by atoms with Crippen molar-refractivity contribution in [3.8, 4) is 0 Å². The van der Waals surface area contributed by atoms with Crippen LogP contribution in [0, 0.1) is 0 Å². The summed E-state index contributed by atoms with van der Waals surface area (Å²) < 4.78 is 4.77. The van der Waals surface area contributed by atoms with Crippen LogP contribution in [0.5, 0.6) is 0 Å².